The van der Waals surface area contributed by atoms with E-state index in [1.165, 1.54) is 12.1 Å². The lowest BCUT2D eigenvalue weighted by Crippen LogP contribution is -2.34. The highest BCUT2D eigenvalue weighted by Gasteiger charge is 2.20. The van der Waals surface area contributed by atoms with Crippen molar-refractivity contribution in [2.75, 3.05) is 19.8 Å². The van der Waals surface area contributed by atoms with Crippen molar-refractivity contribution in [3.05, 3.63) is 29.9 Å². The fourth-order valence-electron chi connectivity index (χ4n) is 1.79. The maximum Gasteiger partial charge on any atom is 0.215 e. The molecule has 3 rings (SSSR count). The van der Waals surface area contributed by atoms with Crippen molar-refractivity contribution in [3.8, 4) is 0 Å². The van der Waals surface area contributed by atoms with Crippen LogP contribution in [0.25, 0.3) is 11.1 Å². The predicted octanol–water partition coefficient (Wildman–Crippen LogP) is 1.63. The van der Waals surface area contributed by atoms with Crippen LogP contribution in [0.2, 0.25) is 0 Å². The maximum absolute atomic E-state index is 13.0. The lowest BCUT2D eigenvalue weighted by atomic mass is 10.3. The van der Waals surface area contributed by atoms with Crippen LogP contribution in [-0.2, 0) is 4.74 Å². The average Bonchev–Trinajstić information content (AvgIpc) is 2.73. The zero-order valence-electron chi connectivity index (χ0n) is 8.57. The molecular weight excluding hydrogens is 211 g/mol. The molecule has 1 aliphatic rings. The van der Waals surface area contributed by atoms with Gasteiger partial charge in [-0.1, -0.05) is 0 Å². The van der Waals surface area contributed by atoms with Gasteiger partial charge in [0.2, 0.25) is 5.89 Å². The molecule has 4 nitrogen and oxygen atoms in total. The minimum absolute atomic E-state index is 0.0378. The highest BCUT2D eigenvalue weighted by Crippen LogP contribution is 2.22. The van der Waals surface area contributed by atoms with Gasteiger partial charge in [-0.3, -0.25) is 0 Å². The molecule has 0 spiro atoms. The predicted molar refractivity (Wildman–Crippen MR) is 55.5 cm³/mol. The number of nitrogens with one attached hydrogen (secondary N) is 1. The molecule has 2 heterocycles. The summed E-state index contributed by atoms with van der Waals surface area (Å²) in [7, 11) is 0. The number of morpholine rings is 1. The molecule has 1 atom stereocenters. The summed E-state index contributed by atoms with van der Waals surface area (Å²) in [5.41, 5.74) is 1.14. The van der Waals surface area contributed by atoms with Gasteiger partial charge in [-0.25, -0.2) is 9.37 Å². The van der Waals surface area contributed by atoms with E-state index in [2.05, 4.69) is 10.3 Å². The molecule has 5 heteroatoms. The highest BCUT2D eigenvalue weighted by molar-refractivity contribution is 5.72. The van der Waals surface area contributed by atoms with Crippen molar-refractivity contribution < 1.29 is 13.5 Å². The number of rotatable bonds is 1. The molecule has 0 aliphatic carbocycles. The molecule has 0 amide bonds. The van der Waals surface area contributed by atoms with Crippen LogP contribution in [0.15, 0.2) is 22.6 Å². The van der Waals surface area contributed by atoms with Gasteiger partial charge in [0, 0.05) is 12.6 Å². The van der Waals surface area contributed by atoms with Crippen molar-refractivity contribution in [1.29, 1.82) is 0 Å². The average molecular weight is 222 g/mol. The van der Waals surface area contributed by atoms with Crippen molar-refractivity contribution in [3.63, 3.8) is 0 Å². The third-order valence-corrected chi connectivity index (χ3v) is 2.59. The smallest absolute Gasteiger partial charge is 0.215 e. The van der Waals surface area contributed by atoms with Gasteiger partial charge in [0.1, 0.15) is 17.4 Å². The van der Waals surface area contributed by atoms with Gasteiger partial charge in [0.25, 0.3) is 0 Å². The van der Waals surface area contributed by atoms with E-state index in [0.717, 1.165) is 6.54 Å². The normalized spacial score (nSPS) is 21.4. The van der Waals surface area contributed by atoms with Crippen molar-refractivity contribution in [1.82, 2.24) is 10.3 Å². The Bertz CT molecular complexity index is 506. The number of halogens is 1. The SMILES string of the molecule is Fc1ccc2oc(C3COCCN3)nc2c1. The number of benzene rings is 1. The van der Waals surface area contributed by atoms with Crippen LogP contribution in [0.4, 0.5) is 4.39 Å². The topological polar surface area (TPSA) is 47.3 Å². The summed E-state index contributed by atoms with van der Waals surface area (Å²) in [6, 6.07) is 4.28. The van der Waals surface area contributed by atoms with E-state index in [1.54, 1.807) is 6.07 Å². The first-order valence-corrected chi connectivity index (χ1v) is 5.20. The molecule has 1 aromatic carbocycles. The molecule has 1 aromatic heterocycles. The van der Waals surface area contributed by atoms with Gasteiger partial charge in [-0.15, -0.1) is 0 Å². The molecule has 1 N–H and O–H groups in total. The first-order valence-electron chi connectivity index (χ1n) is 5.20. The van der Waals surface area contributed by atoms with Gasteiger partial charge >= 0.3 is 0 Å². The number of oxazole rings is 1. The Morgan fingerprint density at radius 2 is 2.38 bits per heavy atom. The Hall–Kier alpha value is -1.46. The molecule has 1 saturated heterocycles. The number of hydrogen-bond donors (Lipinski definition) is 1. The number of hydrogen-bond acceptors (Lipinski definition) is 4. The molecule has 1 aliphatic heterocycles. The standard InChI is InChI=1S/C11H11FN2O2/c12-7-1-2-10-8(5-7)14-11(16-10)9-6-15-4-3-13-9/h1-2,5,9,13H,3-4,6H2. The van der Waals surface area contributed by atoms with E-state index >= 15 is 0 Å². The number of fused-ring (bicyclic) bond motifs is 1. The molecule has 16 heavy (non-hydrogen) atoms. The van der Waals surface area contributed by atoms with Crippen molar-refractivity contribution >= 4 is 11.1 Å². The molecule has 2 aromatic rings. The van der Waals surface area contributed by atoms with Crippen molar-refractivity contribution in [2.45, 2.75) is 6.04 Å². The van der Waals surface area contributed by atoms with Crippen LogP contribution in [0.1, 0.15) is 11.9 Å². The van der Waals surface area contributed by atoms with Gasteiger partial charge < -0.3 is 14.5 Å². The highest BCUT2D eigenvalue weighted by atomic mass is 19.1. The quantitative estimate of drug-likeness (QED) is 0.796. The summed E-state index contributed by atoms with van der Waals surface area (Å²) in [5, 5.41) is 3.24. The molecule has 1 fully saturated rings. The van der Waals surface area contributed by atoms with Crippen LogP contribution < -0.4 is 5.32 Å². The third kappa shape index (κ3) is 1.68. The fraction of sp³-hybridized carbons (Fsp3) is 0.364. The molecule has 84 valence electrons. The molecule has 1 unspecified atom stereocenters. The van der Waals surface area contributed by atoms with Gasteiger partial charge in [0.15, 0.2) is 5.58 Å². The zero-order valence-corrected chi connectivity index (χ0v) is 8.57. The summed E-state index contributed by atoms with van der Waals surface area (Å²) in [6.07, 6.45) is 0. The Kier molecular flexibility index (Phi) is 2.34. The van der Waals surface area contributed by atoms with Crippen LogP contribution in [0.3, 0.4) is 0 Å². The van der Waals surface area contributed by atoms with E-state index in [0.29, 0.717) is 30.2 Å². The first-order chi connectivity index (χ1) is 7.83. The Balaban J connectivity index is 1.97. The zero-order chi connectivity index (χ0) is 11.0. The van der Waals surface area contributed by atoms with Crippen molar-refractivity contribution in [2.24, 2.45) is 0 Å². The molecule has 0 bridgehead atoms. The summed E-state index contributed by atoms with van der Waals surface area (Å²) in [6.45, 7) is 2.01. The van der Waals surface area contributed by atoms with Crippen LogP contribution in [-0.4, -0.2) is 24.7 Å². The van der Waals surface area contributed by atoms with Gasteiger partial charge in [-0.05, 0) is 12.1 Å². The summed E-state index contributed by atoms with van der Waals surface area (Å²) >= 11 is 0. The number of aromatic nitrogens is 1. The van der Waals surface area contributed by atoms with E-state index < -0.39 is 0 Å². The van der Waals surface area contributed by atoms with Crippen LogP contribution >= 0.6 is 0 Å². The maximum atomic E-state index is 13.0. The Morgan fingerprint density at radius 1 is 1.44 bits per heavy atom. The molecular formula is C11H11FN2O2. The Morgan fingerprint density at radius 3 is 3.19 bits per heavy atom. The first kappa shape index (κ1) is 9.74. The van der Waals surface area contributed by atoms with E-state index in [-0.39, 0.29) is 11.9 Å². The molecule has 0 saturated carbocycles. The third-order valence-electron chi connectivity index (χ3n) is 2.59. The van der Waals surface area contributed by atoms with Crippen LogP contribution in [0.5, 0.6) is 0 Å². The number of nitrogens with zero attached hydrogens (tertiary/aromatic N) is 1. The minimum Gasteiger partial charge on any atom is -0.439 e. The second-order valence-electron chi connectivity index (χ2n) is 3.75. The minimum atomic E-state index is -0.305. The largest absolute Gasteiger partial charge is 0.439 e. The second kappa shape index (κ2) is 3.84. The lowest BCUT2D eigenvalue weighted by molar-refractivity contribution is 0.0687. The summed E-state index contributed by atoms with van der Waals surface area (Å²) in [5.74, 6) is 0.250. The van der Waals surface area contributed by atoms with E-state index in [4.69, 9.17) is 9.15 Å². The summed E-state index contributed by atoms with van der Waals surface area (Å²) in [4.78, 5) is 4.25. The summed E-state index contributed by atoms with van der Waals surface area (Å²) < 4.78 is 23.8. The second-order valence-corrected chi connectivity index (χ2v) is 3.75. The molecule has 0 radical (unpaired) electrons. The monoisotopic (exact) mass is 222 g/mol. The fourth-order valence-corrected chi connectivity index (χ4v) is 1.79. The van der Waals surface area contributed by atoms with Crippen LogP contribution in [0, 0.1) is 5.82 Å². The Labute approximate surface area is 91.4 Å². The van der Waals surface area contributed by atoms with E-state index in [1.807, 2.05) is 0 Å². The van der Waals surface area contributed by atoms with E-state index in [9.17, 15) is 4.39 Å². The lowest BCUT2D eigenvalue weighted by Gasteiger charge is -2.20. The van der Waals surface area contributed by atoms with Gasteiger partial charge in [0.05, 0.1) is 13.2 Å². The number of ether oxygens (including phenoxy) is 1. The van der Waals surface area contributed by atoms with Gasteiger partial charge in [-0.2, -0.15) is 0 Å².